The highest BCUT2D eigenvalue weighted by Crippen LogP contribution is 2.48. The Kier molecular flexibility index (Phi) is 5.92. The number of ether oxygens (including phenoxy) is 2. The highest BCUT2D eigenvalue weighted by molar-refractivity contribution is 5.78. The Morgan fingerprint density at radius 2 is 2.12 bits per heavy atom. The minimum absolute atomic E-state index is 0.165. The van der Waals surface area contributed by atoms with E-state index in [-0.39, 0.29) is 5.97 Å². The summed E-state index contributed by atoms with van der Waals surface area (Å²) in [4.78, 5) is 11.9. The number of hydrogen-bond acceptors (Lipinski definition) is 4. The summed E-state index contributed by atoms with van der Waals surface area (Å²) in [5.74, 6) is 0.233. The number of esters is 1. The van der Waals surface area contributed by atoms with Gasteiger partial charge in [-0.25, -0.2) is 0 Å². The first-order valence-electron chi connectivity index (χ1n) is 6.57. The second-order valence-corrected chi connectivity index (χ2v) is 4.84. The third kappa shape index (κ3) is 3.68. The number of carbonyl (C=O) groups is 1. The van der Waals surface area contributed by atoms with Crippen molar-refractivity contribution in [2.24, 2.45) is 17.1 Å². The highest BCUT2D eigenvalue weighted by Gasteiger charge is 2.50. The molecular weight excluding hydrogens is 218 g/mol. The van der Waals surface area contributed by atoms with Gasteiger partial charge < -0.3 is 15.2 Å². The van der Waals surface area contributed by atoms with Gasteiger partial charge in [0.15, 0.2) is 0 Å². The fraction of sp³-hybridized carbons (Fsp3) is 0.923. The maximum absolute atomic E-state index is 11.9. The molecule has 1 atom stereocenters. The van der Waals surface area contributed by atoms with Gasteiger partial charge in [0.2, 0.25) is 0 Å². The van der Waals surface area contributed by atoms with E-state index >= 15 is 0 Å². The Hall–Kier alpha value is -0.610. The van der Waals surface area contributed by atoms with Crippen LogP contribution in [0.4, 0.5) is 0 Å². The summed E-state index contributed by atoms with van der Waals surface area (Å²) in [7, 11) is 1.44. The molecule has 0 aromatic rings. The van der Waals surface area contributed by atoms with Crippen LogP contribution in [0.5, 0.6) is 0 Å². The first-order valence-corrected chi connectivity index (χ1v) is 6.57. The molecule has 100 valence electrons. The molecule has 1 fully saturated rings. The minimum Gasteiger partial charge on any atom is -0.469 e. The van der Waals surface area contributed by atoms with Crippen molar-refractivity contribution in [1.82, 2.24) is 0 Å². The molecule has 0 aliphatic heterocycles. The molecule has 0 aromatic carbocycles. The van der Waals surface area contributed by atoms with E-state index in [2.05, 4.69) is 6.92 Å². The van der Waals surface area contributed by atoms with Crippen LogP contribution in [0.1, 0.15) is 39.0 Å². The van der Waals surface area contributed by atoms with Crippen LogP contribution in [-0.2, 0) is 14.3 Å². The van der Waals surface area contributed by atoms with Crippen LogP contribution in [0.2, 0.25) is 0 Å². The Morgan fingerprint density at radius 3 is 2.59 bits per heavy atom. The van der Waals surface area contributed by atoms with Gasteiger partial charge in [0.25, 0.3) is 0 Å². The zero-order valence-electron chi connectivity index (χ0n) is 11.0. The fourth-order valence-electron chi connectivity index (χ4n) is 2.27. The molecule has 1 unspecified atom stereocenters. The molecule has 1 aliphatic carbocycles. The second kappa shape index (κ2) is 6.97. The molecule has 1 aliphatic rings. The molecule has 4 nitrogen and oxygen atoms in total. The van der Waals surface area contributed by atoms with Crippen molar-refractivity contribution >= 4 is 5.97 Å². The smallest absolute Gasteiger partial charge is 0.313 e. The SMILES string of the molecule is CCCCOCCC(CN)(C(=O)OC)C1CC1. The first-order chi connectivity index (χ1) is 8.21. The zero-order valence-corrected chi connectivity index (χ0v) is 11.0. The summed E-state index contributed by atoms with van der Waals surface area (Å²) in [6.45, 7) is 3.86. The van der Waals surface area contributed by atoms with Crippen LogP contribution < -0.4 is 5.73 Å². The van der Waals surface area contributed by atoms with Crippen molar-refractivity contribution in [1.29, 1.82) is 0 Å². The van der Waals surface area contributed by atoms with E-state index in [1.54, 1.807) is 0 Å². The van der Waals surface area contributed by atoms with Crippen LogP contribution in [0.25, 0.3) is 0 Å². The van der Waals surface area contributed by atoms with Gasteiger partial charge in [0, 0.05) is 19.8 Å². The number of methoxy groups -OCH3 is 1. The molecule has 2 N–H and O–H groups in total. The molecule has 0 spiro atoms. The van der Waals surface area contributed by atoms with Crippen LogP contribution in [0, 0.1) is 11.3 Å². The van der Waals surface area contributed by atoms with Gasteiger partial charge in [-0.15, -0.1) is 0 Å². The number of unbranched alkanes of at least 4 members (excludes halogenated alkanes) is 1. The lowest BCUT2D eigenvalue weighted by Crippen LogP contribution is -2.42. The van der Waals surface area contributed by atoms with Gasteiger partial charge in [0.05, 0.1) is 12.5 Å². The quantitative estimate of drug-likeness (QED) is 0.495. The van der Waals surface area contributed by atoms with Gasteiger partial charge in [-0.05, 0) is 31.6 Å². The Labute approximate surface area is 104 Å². The highest BCUT2D eigenvalue weighted by atomic mass is 16.5. The molecule has 0 amide bonds. The predicted octanol–water partition coefficient (Wildman–Crippen LogP) is 1.72. The molecular formula is C13H25NO3. The maximum Gasteiger partial charge on any atom is 0.313 e. The van der Waals surface area contributed by atoms with Crippen molar-refractivity contribution < 1.29 is 14.3 Å². The molecule has 0 bridgehead atoms. The average molecular weight is 243 g/mol. The average Bonchev–Trinajstić information content (AvgIpc) is 3.18. The van der Waals surface area contributed by atoms with E-state index in [0.717, 1.165) is 32.3 Å². The van der Waals surface area contributed by atoms with E-state index in [1.165, 1.54) is 7.11 Å². The molecule has 0 aromatic heterocycles. The van der Waals surface area contributed by atoms with Crippen molar-refractivity contribution in [3.8, 4) is 0 Å². The Morgan fingerprint density at radius 1 is 1.41 bits per heavy atom. The number of hydrogen-bond donors (Lipinski definition) is 1. The van der Waals surface area contributed by atoms with Gasteiger partial charge >= 0.3 is 5.97 Å². The summed E-state index contributed by atoms with van der Waals surface area (Å²) in [5.41, 5.74) is 5.31. The molecule has 0 heterocycles. The van der Waals surface area contributed by atoms with Crippen LogP contribution in [0.15, 0.2) is 0 Å². The lowest BCUT2D eigenvalue weighted by molar-refractivity contribution is -0.155. The van der Waals surface area contributed by atoms with Crippen LogP contribution in [0.3, 0.4) is 0 Å². The van der Waals surface area contributed by atoms with E-state index in [0.29, 0.717) is 25.5 Å². The molecule has 17 heavy (non-hydrogen) atoms. The monoisotopic (exact) mass is 243 g/mol. The zero-order chi connectivity index (χ0) is 12.7. The van der Waals surface area contributed by atoms with E-state index < -0.39 is 5.41 Å². The summed E-state index contributed by atoms with van der Waals surface area (Å²) >= 11 is 0. The van der Waals surface area contributed by atoms with Crippen LogP contribution >= 0.6 is 0 Å². The van der Waals surface area contributed by atoms with E-state index in [9.17, 15) is 4.79 Å². The van der Waals surface area contributed by atoms with E-state index in [4.69, 9.17) is 15.2 Å². The third-order valence-corrected chi connectivity index (χ3v) is 3.65. The van der Waals surface area contributed by atoms with Gasteiger partial charge in [-0.2, -0.15) is 0 Å². The summed E-state index contributed by atoms with van der Waals surface area (Å²) < 4.78 is 10.5. The number of nitrogens with two attached hydrogens (primary N) is 1. The molecule has 0 saturated heterocycles. The third-order valence-electron chi connectivity index (χ3n) is 3.65. The normalized spacial score (nSPS) is 18.8. The van der Waals surface area contributed by atoms with Crippen LogP contribution in [-0.4, -0.2) is 32.8 Å². The predicted molar refractivity (Wildman–Crippen MR) is 66.6 cm³/mol. The lowest BCUT2D eigenvalue weighted by atomic mass is 9.79. The summed E-state index contributed by atoms with van der Waals surface area (Å²) in [5, 5.41) is 0. The molecule has 1 saturated carbocycles. The van der Waals surface area contributed by atoms with Crippen molar-refractivity contribution in [2.75, 3.05) is 26.9 Å². The largest absolute Gasteiger partial charge is 0.469 e. The Balaban J connectivity index is 2.43. The first kappa shape index (κ1) is 14.5. The van der Waals surface area contributed by atoms with Crippen molar-refractivity contribution in [2.45, 2.75) is 39.0 Å². The maximum atomic E-state index is 11.9. The molecule has 4 heteroatoms. The number of rotatable bonds is 9. The number of carbonyl (C=O) groups excluding carboxylic acids is 1. The topological polar surface area (TPSA) is 61.5 Å². The minimum atomic E-state index is -0.499. The summed E-state index contributed by atoms with van der Waals surface area (Å²) in [6, 6.07) is 0. The van der Waals surface area contributed by atoms with E-state index in [1.807, 2.05) is 0 Å². The van der Waals surface area contributed by atoms with Gasteiger partial charge in [0.1, 0.15) is 0 Å². The molecule has 0 radical (unpaired) electrons. The molecule has 1 rings (SSSR count). The standard InChI is InChI=1S/C13H25NO3/c1-3-4-8-17-9-7-13(10-14,11-5-6-11)12(15)16-2/h11H,3-10,14H2,1-2H3. The Bertz CT molecular complexity index is 241. The lowest BCUT2D eigenvalue weighted by Gasteiger charge is -2.29. The second-order valence-electron chi connectivity index (χ2n) is 4.84. The summed E-state index contributed by atoms with van der Waals surface area (Å²) in [6.07, 6.45) is 5.05. The fourth-order valence-corrected chi connectivity index (χ4v) is 2.27. The van der Waals surface area contributed by atoms with Gasteiger partial charge in [-0.1, -0.05) is 13.3 Å². The van der Waals surface area contributed by atoms with Crippen molar-refractivity contribution in [3.63, 3.8) is 0 Å². The van der Waals surface area contributed by atoms with Crippen molar-refractivity contribution in [3.05, 3.63) is 0 Å². The van der Waals surface area contributed by atoms with Gasteiger partial charge in [-0.3, -0.25) is 4.79 Å².